The summed E-state index contributed by atoms with van der Waals surface area (Å²) >= 11 is 0. The van der Waals surface area contributed by atoms with E-state index < -0.39 is 0 Å². The summed E-state index contributed by atoms with van der Waals surface area (Å²) in [5.74, 6) is -0.153. The Hall–Kier alpha value is -3.21. The molecule has 0 unspecified atom stereocenters. The van der Waals surface area contributed by atoms with Gasteiger partial charge in [-0.25, -0.2) is 5.43 Å². The van der Waals surface area contributed by atoms with Crippen LogP contribution in [0.15, 0.2) is 65.9 Å². The first kappa shape index (κ1) is 13.8. The molecule has 0 saturated heterocycles. The lowest BCUT2D eigenvalue weighted by molar-refractivity contribution is 0.0955. The largest absolute Gasteiger partial charge is 0.508 e. The average molecular weight is 291 g/mol. The third kappa shape index (κ3) is 3.09. The Morgan fingerprint density at radius 2 is 2.05 bits per heavy atom. The van der Waals surface area contributed by atoms with Gasteiger partial charge in [0.2, 0.25) is 0 Å². The lowest BCUT2D eigenvalue weighted by atomic mass is 10.1. The number of pyridine rings is 1. The summed E-state index contributed by atoms with van der Waals surface area (Å²) < 4.78 is 0. The van der Waals surface area contributed by atoms with Crippen LogP contribution in [0.4, 0.5) is 0 Å². The number of benzene rings is 2. The Morgan fingerprint density at radius 3 is 2.91 bits per heavy atom. The predicted octanol–water partition coefficient (Wildman–Crippen LogP) is 2.70. The maximum atomic E-state index is 12.1. The molecule has 0 atom stereocenters. The van der Waals surface area contributed by atoms with Crippen LogP contribution in [0.2, 0.25) is 0 Å². The number of hydrogen-bond acceptors (Lipinski definition) is 4. The van der Waals surface area contributed by atoms with Gasteiger partial charge in [0.1, 0.15) is 5.75 Å². The minimum atomic E-state index is -0.304. The number of phenolic OH excluding ortho intramolecular Hbond substituents is 1. The second-order valence-electron chi connectivity index (χ2n) is 4.70. The molecule has 1 aromatic heterocycles. The van der Waals surface area contributed by atoms with E-state index in [1.807, 2.05) is 12.1 Å². The van der Waals surface area contributed by atoms with Gasteiger partial charge in [0.25, 0.3) is 5.91 Å². The molecule has 3 aromatic rings. The number of phenols is 1. The Morgan fingerprint density at radius 1 is 1.14 bits per heavy atom. The Bertz CT molecular complexity index is 859. The topological polar surface area (TPSA) is 74.6 Å². The molecule has 3 rings (SSSR count). The van der Waals surface area contributed by atoms with Crippen molar-refractivity contribution < 1.29 is 9.90 Å². The number of aromatic nitrogens is 1. The zero-order valence-electron chi connectivity index (χ0n) is 11.6. The SMILES string of the molecule is O=C(N/N=C\c1cccc(O)c1)c1ccc2ncccc2c1. The van der Waals surface area contributed by atoms with Gasteiger partial charge in [0, 0.05) is 17.1 Å². The van der Waals surface area contributed by atoms with Crippen molar-refractivity contribution in [2.75, 3.05) is 0 Å². The summed E-state index contributed by atoms with van der Waals surface area (Å²) in [5, 5.41) is 14.1. The molecular formula is C17H13N3O2. The van der Waals surface area contributed by atoms with Gasteiger partial charge < -0.3 is 5.11 Å². The van der Waals surface area contributed by atoms with Crippen LogP contribution in [0.1, 0.15) is 15.9 Å². The highest BCUT2D eigenvalue weighted by molar-refractivity contribution is 5.98. The van der Waals surface area contributed by atoms with E-state index in [0.29, 0.717) is 11.1 Å². The number of fused-ring (bicyclic) bond motifs is 1. The van der Waals surface area contributed by atoms with Crippen LogP contribution in [0, 0.1) is 0 Å². The molecule has 5 heteroatoms. The molecule has 1 amide bonds. The van der Waals surface area contributed by atoms with E-state index in [-0.39, 0.29) is 11.7 Å². The number of hydrazone groups is 1. The van der Waals surface area contributed by atoms with Gasteiger partial charge in [-0.2, -0.15) is 5.10 Å². The minimum absolute atomic E-state index is 0.150. The van der Waals surface area contributed by atoms with Crippen molar-refractivity contribution in [2.45, 2.75) is 0 Å². The van der Waals surface area contributed by atoms with Gasteiger partial charge in [0.05, 0.1) is 11.7 Å². The molecule has 0 radical (unpaired) electrons. The van der Waals surface area contributed by atoms with Crippen LogP contribution in [-0.2, 0) is 0 Å². The van der Waals surface area contributed by atoms with Crippen LogP contribution < -0.4 is 5.43 Å². The number of nitrogens with zero attached hydrogens (tertiary/aromatic N) is 2. The molecule has 108 valence electrons. The van der Waals surface area contributed by atoms with Crippen molar-refractivity contribution in [3.8, 4) is 5.75 Å². The number of nitrogens with one attached hydrogen (secondary N) is 1. The Kier molecular flexibility index (Phi) is 3.78. The zero-order chi connectivity index (χ0) is 15.4. The van der Waals surface area contributed by atoms with E-state index in [4.69, 9.17) is 0 Å². The van der Waals surface area contributed by atoms with Crippen LogP contribution in [0.25, 0.3) is 10.9 Å². The number of amides is 1. The first-order chi connectivity index (χ1) is 10.7. The summed E-state index contributed by atoms with van der Waals surface area (Å²) in [4.78, 5) is 16.3. The van der Waals surface area contributed by atoms with Gasteiger partial charge in [-0.15, -0.1) is 0 Å². The van der Waals surface area contributed by atoms with E-state index in [2.05, 4.69) is 15.5 Å². The molecule has 0 aliphatic rings. The summed E-state index contributed by atoms with van der Waals surface area (Å²) in [6.45, 7) is 0. The van der Waals surface area contributed by atoms with E-state index in [1.54, 1.807) is 48.7 Å². The van der Waals surface area contributed by atoms with Crippen molar-refractivity contribution in [3.05, 3.63) is 71.9 Å². The summed E-state index contributed by atoms with van der Waals surface area (Å²) in [6, 6.07) is 15.6. The summed E-state index contributed by atoms with van der Waals surface area (Å²) in [7, 11) is 0. The summed E-state index contributed by atoms with van der Waals surface area (Å²) in [6.07, 6.45) is 3.18. The second-order valence-corrected chi connectivity index (χ2v) is 4.70. The van der Waals surface area contributed by atoms with Crippen molar-refractivity contribution in [1.82, 2.24) is 10.4 Å². The van der Waals surface area contributed by atoms with Gasteiger partial charge in [0.15, 0.2) is 0 Å². The monoisotopic (exact) mass is 291 g/mol. The van der Waals surface area contributed by atoms with Gasteiger partial charge >= 0.3 is 0 Å². The van der Waals surface area contributed by atoms with Gasteiger partial charge in [-0.1, -0.05) is 18.2 Å². The van der Waals surface area contributed by atoms with Crippen molar-refractivity contribution in [2.24, 2.45) is 5.10 Å². The molecule has 0 fully saturated rings. The number of carbonyl (C=O) groups is 1. The third-order valence-electron chi connectivity index (χ3n) is 3.12. The highest BCUT2D eigenvalue weighted by Crippen LogP contribution is 2.13. The fraction of sp³-hybridized carbons (Fsp3) is 0. The maximum absolute atomic E-state index is 12.1. The molecule has 0 bridgehead atoms. The molecule has 2 N–H and O–H groups in total. The third-order valence-corrected chi connectivity index (χ3v) is 3.12. The van der Waals surface area contributed by atoms with E-state index in [1.165, 1.54) is 6.21 Å². The van der Waals surface area contributed by atoms with Crippen molar-refractivity contribution in [3.63, 3.8) is 0 Å². The van der Waals surface area contributed by atoms with Crippen LogP contribution >= 0.6 is 0 Å². The van der Waals surface area contributed by atoms with Gasteiger partial charge in [-0.3, -0.25) is 9.78 Å². The summed E-state index contributed by atoms with van der Waals surface area (Å²) in [5.41, 5.74) is 4.50. The Labute approximate surface area is 126 Å². The molecule has 0 aliphatic carbocycles. The first-order valence-corrected chi connectivity index (χ1v) is 6.69. The molecule has 0 aliphatic heterocycles. The van der Waals surface area contributed by atoms with E-state index in [9.17, 15) is 9.90 Å². The number of rotatable bonds is 3. The molecule has 22 heavy (non-hydrogen) atoms. The van der Waals surface area contributed by atoms with E-state index >= 15 is 0 Å². The number of carbonyl (C=O) groups excluding carboxylic acids is 1. The number of aromatic hydroxyl groups is 1. The van der Waals surface area contributed by atoms with Gasteiger partial charge in [-0.05, 0) is 42.0 Å². The predicted molar refractivity (Wildman–Crippen MR) is 84.9 cm³/mol. The molecule has 0 saturated carbocycles. The minimum Gasteiger partial charge on any atom is -0.508 e. The quantitative estimate of drug-likeness (QED) is 0.575. The lowest BCUT2D eigenvalue weighted by Gasteiger charge is -2.02. The standard InChI is InChI=1S/C17H13N3O2/c21-15-5-1-3-12(9-15)11-19-20-17(22)14-6-7-16-13(10-14)4-2-8-18-16/h1-11,21H,(H,20,22)/b19-11-. The second kappa shape index (κ2) is 6.05. The highest BCUT2D eigenvalue weighted by Gasteiger charge is 2.05. The molecule has 1 heterocycles. The average Bonchev–Trinajstić information content (AvgIpc) is 2.54. The van der Waals surface area contributed by atoms with Crippen LogP contribution in [0.5, 0.6) is 5.75 Å². The highest BCUT2D eigenvalue weighted by atomic mass is 16.3. The molecular weight excluding hydrogens is 278 g/mol. The fourth-order valence-corrected chi connectivity index (χ4v) is 2.05. The lowest BCUT2D eigenvalue weighted by Crippen LogP contribution is -2.17. The normalized spacial score (nSPS) is 10.9. The van der Waals surface area contributed by atoms with E-state index in [0.717, 1.165) is 10.9 Å². The smallest absolute Gasteiger partial charge is 0.271 e. The van der Waals surface area contributed by atoms with Crippen molar-refractivity contribution in [1.29, 1.82) is 0 Å². The van der Waals surface area contributed by atoms with Crippen LogP contribution in [-0.4, -0.2) is 22.2 Å². The maximum Gasteiger partial charge on any atom is 0.271 e. The van der Waals surface area contributed by atoms with Crippen molar-refractivity contribution >= 4 is 23.0 Å². The molecule has 2 aromatic carbocycles. The Balaban J connectivity index is 1.73. The fourth-order valence-electron chi connectivity index (χ4n) is 2.05. The zero-order valence-corrected chi connectivity index (χ0v) is 11.6. The first-order valence-electron chi connectivity index (χ1n) is 6.69. The molecule has 5 nitrogen and oxygen atoms in total. The number of hydrogen-bond donors (Lipinski definition) is 2. The van der Waals surface area contributed by atoms with Crippen LogP contribution in [0.3, 0.4) is 0 Å². The molecule has 0 spiro atoms.